The minimum atomic E-state index is -0.710. The standard InChI is InChI=1S/C31H32N6O4S/c1-19-7-8-22(33-28(40)20-5-4-6-21(15-20)31(2,3)18-32)16-25(19)41-27-10-9-24-29(36-27)42-30(34-24)35-26(39)17-37-13-11-23(38)12-14-37/h4-10,15-16,23,38H,11-14,17H2,1-3H3,(H,33,40)(H,34,35,39). The van der Waals surface area contributed by atoms with Gasteiger partial charge < -0.3 is 20.5 Å². The average Bonchev–Trinajstić information content (AvgIpc) is 3.37. The topological polar surface area (TPSA) is 140 Å². The van der Waals surface area contributed by atoms with Crippen molar-refractivity contribution in [3.63, 3.8) is 0 Å². The Bertz CT molecular complexity index is 1670. The molecule has 0 saturated carbocycles. The fourth-order valence-electron chi connectivity index (χ4n) is 4.57. The number of fused-ring (bicyclic) bond motifs is 1. The second-order valence-electron chi connectivity index (χ2n) is 10.9. The summed E-state index contributed by atoms with van der Waals surface area (Å²) in [5.41, 5.74) is 2.56. The van der Waals surface area contributed by atoms with Crippen LogP contribution in [0, 0.1) is 18.3 Å². The Kier molecular flexibility index (Phi) is 8.49. The fourth-order valence-corrected chi connectivity index (χ4v) is 5.41. The van der Waals surface area contributed by atoms with Gasteiger partial charge in [-0.05, 0) is 69.0 Å². The van der Waals surface area contributed by atoms with Crippen molar-refractivity contribution in [1.82, 2.24) is 14.9 Å². The Morgan fingerprint density at radius 3 is 2.67 bits per heavy atom. The molecule has 1 aliphatic rings. The number of hydrogen-bond donors (Lipinski definition) is 3. The Hall–Kier alpha value is -4.37. The van der Waals surface area contributed by atoms with E-state index in [0.717, 1.165) is 11.1 Å². The summed E-state index contributed by atoms with van der Waals surface area (Å²) in [6.07, 6.45) is 1.06. The molecule has 2 amide bonds. The van der Waals surface area contributed by atoms with Gasteiger partial charge in [-0.2, -0.15) is 5.26 Å². The molecule has 4 aromatic rings. The summed E-state index contributed by atoms with van der Waals surface area (Å²) in [5.74, 6) is 0.437. The maximum atomic E-state index is 13.0. The van der Waals surface area contributed by atoms with Gasteiger partial charge in [0.1, 0.15) is 16.1 Å². The monoisotopic (exact) mass is 584 g/mol. The number of aromatic nitrogens is 2. The fraction of sp³-hybridized carbons (Fsp3) is 0.323. The van der Waals surface area contributed by atoms with Crippen molar-refractivity contribution in [3.8, 4) is 17.7 Å². The Morgan fingerprint density at radius 2 is 1.90 bits per heavy atom. The smallest absolute Gasteiger partial charge is 0.255 e. The van der Waals surface area contributed by atoms with Crippen molar-refractivity contribution in [2.24, 2.45) is 0 Å². The molecule has 0 unspecified atom stereocenters. The molecule has 0 spiro atoms. The number of rotatable bonds is 8. The molecule has 1 fully saturated rings. The predicted molar refractivity (Wildman–Crippen MR) is 162 cm³/mol. The van der Waals surface area contributed by atoms with Crippen LogP contribution in [-0.4, -0.2) is 57.5 Å². The van der Waals surface area contributed by atoms with Gasteiger partial charge in [-0.1, -0.05) is 29.5 Å². The van der Waals surface area contributed by atoms with Gasteiger partial charge in [0.2, 0.25) is 11.8 Å². The van der Waals surface area contributed by atoms with Crippen molar-refractivity contribution in [2.45, 2.75) is 45.1 Å². The molecule has 3 N–H and O–H groups in total. The summed E-state index contributed by atoms with van der Waals surface area (Å²) < 4.78 is 6.09. The van der Waals surface area contributed by atoms with Crippen molar-refractivity contribution in [2.75, 3.05) is 30.3 Å². The third-order valence-corrected chi connectivity index (χ3v) is 8.07. The number of benzene rings is 2. The number of piperidine rings is 1. The molecular weight excluding hydrogens is 552 g/mol. The highest BCUT2D eigenvalue weighted by molar-refractivity contribution is 7.21. The van der Waals surface area contributed by atoms with Crippen LogP contribution in [0.15, 0.2) is 54.6 Å². The van der Waals surface area contributed by atoms with Crippen LogP contribution in [0.5, 0.6) is 11.6 Å². The minimum Gasteiger partial charge on any atom is -0.439 e. The van der Waals surface area contributed by atoms with Crippen LogP contribution in [0.3, 0.4) is 0 Å². The Labute approximate surface area is 248 Å². The van der Waals surface area contributed by atoms with E-state index in [1.165, 1.54) is 11.3 Å². The summed E-state index contributed by atoms with van der Waals surface area (Å²) >= 11 is 1.26. The maximum absolute atomic E-state index is 13.0. The number of carbonyl (C=O) groups is 2. The van der Waals surface area contributed by atoms with Gasteiger partial charge >= 0.3 is 0 Å². The second-order valence-corrected chi connectivity index (χ2v) is 11.9. The van der Waals surface area contributed by atoms with Gasteiger partial charge in [-0.25, -0.2) is 9.97 Å². The second kappa shape index (κ2) is 12.2. The van der Waals surface area contributed by atoms with Crippen molar-refractivity contribution < 1.29 is 19.4 Å². The van der Waals surface area contributed by atoms with Crippen molar-refractivity contribution in [3.05, 3.63) is 71.3 Å². The number of carbonyl (C=O) groups excluding carboxylic acids is 2. The lowest BCUT2D eigenvalue weighted by Gasteiger charge is -2.28. The Morgan fingerprint density at radius 1 is 1.12 bits per heavy atom. The molecule has 0 aliphatic carbocycles. The number of pyridine rings is 1. The van der Waals surface area contributed by atoms with E-state index in [1.54, 1.807) is 42.5 Å². The van der Waals surface area contributed by atoms with E-state index >= 15 is 0 Å². The number of hydrogen-bond acceptors (Lipinski definition) is 9. The maximum Gasteiger partial charge on any atom is 0.255 e. The molecule has 1 saturated heterocycles. The summed E-state index contributed by atoms with van der Waals surface area (Å²) in [6.45, 7) is 7.15. The number of thiazole rings is 1. The van der Waals surface area contributed by atoms with E-state index in [0.29, 0.717) is 64.3 Å². The number of aliphatic hydroxyl groups is 1. The van der Waals surface area contributed by atoms with Gasteiger partial charge in [0.15, 0.2) is 5.13 Å². The van der Waals surface area contributed by atoms with Crippen molar-refractivity contribution >= 4 is 44.3 Å². The largest absolute Gasteiger partial charge is 0.439 e. The van der Waals surface area contributed by atoms with E-state index in [2.05, 4.69) is 26.7 Å². The van der Waals surface area contributed by atoms with E-state index in [-0.39, 0.29) is 24.5 Å². The molecule has 216 valence electrons. The molecule has 11 heteroatoms. The lowest BCUT2D eigenvalue weighted by atomic mass is 9.85. The van der Waals surface area contributed by atoms with E-state index in [1.807, 2.05) is 37.8 Å². The SMILES string of the molecule is Cc1ccc(NC(=O)c2cccc(C(C)(C)C#N)c2)cc1Oc1ccc2nc(NC(=O)CN3CCC(O)CC3)sc2n1. The van der Waals surface area contributed by atoms with Gasteiger partial charge in [0.05, 0.1) is 24.1 Å². The zero-order chi connectivity index (χ0) is 29.9. The third kappa shape index (κ3) is 6.91. The lowest BCUT2D eigenvalue weighted by Crippen LogP contribution is -2.40. The van der Waals surface area contributed by atoms with E-state index < -0.39 is 5.41 Å². The highest BCUT2D eigenvalue weighted by Crippen LogP contribution is 2.31. The molecule has 42 heavy (non-hydrogen) atoms. The number of nitrogens with zero attached hydrogens (tertiary/aromatic N) is 4. The quantitative estimate of drug-likeness (QED) is 0.255. The number of likely N-dealkylation sites (tertiary alicyclic amines) is 1. The highest BCUT2D eigenvalue weighted by Gasteiger charge is 2.22. The number of amides is 2. The van der Waals surface area contributed by atoms with Crippen LogP contribution in [0.2, 0.25) is 0 Å². The van der Waals surface area contributed by atoms with E-state index in [9.17, 15) is 20.0 Å². The van der Waals surface area contributed by atoms with Gasteiger partial charge in [-0.3, -0.25) is 14.5 Å². The zero-order valence-corrected chi connectivity index (χ0v) is 24.5. The first-order chi connectivity index (χ1) is 20.1. The minimum absolute atomic E-state index is 0.156. The molecule has 5 rings (SSSR count). The van der Waals surface area contributed by atoms with Crippen LogP contribution in [0.1, 0.15) is 48.2 Å². The van der Waals surface area contributed by atoms with Crippen LogP contribution in [0.4, 0.5) is 10.8 Å². The van der Waals surface area contributed by atoms with Gasteiger partial charge in [0.25, 0.3) is 5.91 Å². The summed E-state index contributed by atoms with van der Waals surface area (Å²) in [5, 5.41) is 25.3. The van der Waals surface area contributed by atoms with Gasteiger partial charge in [0, 0.05) is 36.5 Å². The molecule has 1 aliphatic heterocycles. The first-order valence-corrected chi connectivity index (χ1v) is 14.5. The van der Waals surface area contributed by atoms with Crippen molar-refractivity contribution in [1.29, 1.82) is 5.26 Å². The van der Waals surface area contributed by atoms with E-state index in [4.69, 9.17) is 4.74 Å². The summed E-state index contributed by atoms with van der Waals surface area (Å²) in [7, 11) is 0. The van der Waals surface area contributed by atoms with Crippen LogP contribution in [0.25, 0.3) is 10.3 Å². The average molecular weight is 585 g/mol. The molecule has 0 atom stereocenters. The number of aliphatic hydroxyl groups excluding tert-OH is 1. The molecule has 2 aromatic carbocycles. The zero-order valence-electron chi connectivity index (χ0n) is 23.7. The number of aryl methyl sites for hydroxylation is 1. The first kappa shape index (κ1) is 29.1. The number of nitrogens with one attached hydrogen (secondary N) is 2. The molecule has 10 nitrogen and oxygen atoms in total. The summed E-state index contributed by atoms with van der Waals surface area (Å²) in [6, 6.07) is 18.2. The molecule has 0 bridgehead atoms. The molecule has 2 aromatic heterocycles. The normalized spacial score (nSPS) is 14.4. The van der Waals surface area contributed by atoms with Crippen LogP contribution >= 0.6 is 11.3 Å². The number of nitriles is 1. The molecular formula is C31H32N6O4S. The third-order valence-electron chi connectivity index (χ3n) is 7.19. The lowest BCUT2D eigenvalue weighted by molar-refractivity contribution is -0.117. The number of anilines is 2. The highest BCUT2D eigenvalue weighted by atomic mass is 32.1. The molecule has 0 radical (unpaired) electrons. The van der Waals surface area contributed by atoms with Crippen LogP contribution < -0.4 is 15.4 Å². The van der Waals surface area contributed by atoms with Crippen LogP contribution in [-0.2, 0) is 10.2 Å². The molecule has 3 heterocycles. The Balaban J connectivity index is 1.25. The summed E-state index contributed by atoms with van der Waals surface area (Å²) in [4.78, 5) is 37.2. The number of ether oxygens (including phenoxy) is 1. The van der Waals surface area contributed by atoms with Gasteiger partial charge in [-0.15, -0.1) is 0 Å². The first-order valence-electron chi connectivity index (χ1n) is 13.7. The predicted octanol–water partition coefficient (Wildman–Crippen LogP) is 5.24.